The Kier molecular flexibility index (Phi) is 6.60. The summed E-state index contributed by atoms with van der Waals surface area (Å²) >= 11 is 0. The van der Waals surface area contributed by atoms with Gasteiger partial charge in [-0.3, -0.25) is 14.3 Å². The molecule has 7 heteroatoms. The number of aromatic nitrogens is 2. The van der Waals surface area contributed by atoms with Crippen molar-refractivity contribution >= 4 is 10.9 Å². The van der Waals surface area contributed by atoms with Crippen LogP contribution in [0.2, 0.25) is 0 Å². The zero-order valence-electron chi connectivity index (χ0n) is 20.9. The monoisotopic (exact) mass is 486 g/mol. The van der Waals surface area contributed by atoms with E-state index in [0.717, 1.165) is 53.4 Å². The Hall–Kier alpha value is -3.55. The van der Waals surface area contributed by atoms with E-state index in [2.05, 4.69) is 54.3 Å². The van der Waals surface area contributed by atoms with E-state index in [-0.39, 0.29) is 17.0 Å². The van der Waals surface area contributed by atoms with Crippen LogP contribution in [0.5, 0.6) is 5.75 Å². The molecule has 2 N–H and O–H groups in total. The van der Waals surface area contributed by atoms with Crippen molar-refractivity contribution < 1.29 is 9.50 Å². The van der Waals surface area contributed by atoms with E-state index >= 15 is 0 Å². The van der Waals surface area contributed by atoms with Crippen LogP contribution in [-0.2, 0) is 6.54 Å². The number of phenolic OH excluding ortho intramolecular Hbond substituents is 1. The Labute approximate surface area is 210 Å². The van der Waals surface area contributed by atoms with E-state index in [0.29, 0.717) is 23.5 Å². The third-order valence-electron chi connectivity index (χ3n) is 6.83. The second kappa shape index (κ2) is 9.84. The predicted molar refractivity (Wildman–Crippen MR) is 141 cm³/mol. The van der Waals surface area contributed by atoms with Crippen LogP contribution in [-0.4, -0.2) is 45.7 Å². The van der Waals surface area contributed by atoms with Gasteiger partial charge in [-0.2, -0.15) is 0 Å². The number of likely N-dealkylation sites (N-methyl/N-ethyl adjacent to an activating group) is 1. The number of nitrogens with one attached hydrogen (secondary N) is 1. The van der Waals surface area contributed by atoms with Crippen molar-refractivity contribution in [2.45, 2.75) is 39.3 Å². The van der Waals surface area contributed by atoms with Crippen molar-refractivity contribution in [3.8, 4) is 22.6 Å². The van der Waals surface area contributed by atoms with Gasteiger partial charge in [-0.15, -0.1) is 0 Å². The first-order valence-electron chi connectivity index (χ1n) is 12.3. The first kappa shape index (κ1) is 24.2. The van der Waals surface area contributed by atoms with Gasteiger partial charge in [0, 0.05) is 49.2 Å². The third kappa shape index (κ3) is 4.90. The number of hydrogen-bond acceptors (Lipinski definition) is 5. The molecule has 186 valence electrons. The summed E-state index contributed by atoms with van der Waals surface area (Å²) in [4.78, 5) is 20.8. The minimum atomic E-state index is -0.608. The maximum Gasteiger partial charge on any atom is 0.264 e. The fraction of sp³-hybridized carbons (Fsp3) is 0.310. The molecule has 1 aliphatic rings. The highest BCUT2D eigenvalue weighted by Gasteiger charge is 2.21. The second-order valence-corrected chi connectivity index (χ2v) is 9.94. The van der Waals surface area contributed by atoms with E-state index in [9.17, 15) is 14.3 Å². The lowest BCUT2D eigenvalue weighted by molar-refractivity contribution is 0.294. The molecular weight excluding hydrogens is 455 g/mol. The van der Waals surface area contributed by atoms with Crippen molar-refractivity contribution in [1.82, 2.24) is 19.8 Å². The molecule has 1 fully saturated rings. The first-order chi connectivity index (χ1) is 17.3. The quantitative estimate of drug-likeness (QED) is 0.414. The number of hydrogen-bond donors (Lipinski definition) is 2. The summed E-state index contributed by atoms with van der Waals surface area (Å²) < 4.78 is 15.4. The molecule has 0 amide bonds. The SMILES string of the molecule is Cc1cc(C)cc(-c2cnc3ccn(-c4cc(O)cc(F)c4)c(=O)c3c2CN(C)C[C@@H]2CCCN2)c1. The lowest BCUT2D eigenvalue weighted by Crippen LogP contribution is -2.35. The molecule has 0 bridgehead atoms. The second-order valence-electron chi connectivity index (χ2n) is 9.94. The zero-order chi connectivity index (χ0) is 25.4. The highest BCUT2D eigenvalue weighted by atomic mass is 19.1. The Bertz CT molecular complexity index is 1450. The van der Waals surface area contributed by atoms with Gasteiger partial charge in [0.1, 0.15) is 11.6 Å². The smallest absolute Gasteiger partial charge is 0.264 e. The number of aryl methyl sites for hydroxylation is 2. The van der Waals surface area contributed by atoms with Gasteiger partial charge in [-0.25, -0.2) is 4.39 Å². The topological polar surface area (TPSA) is 70.4 Å². The van der Waals surface area contributed by atoms with Gasteiger partial charge in [0.15, 0.2) is 0 Å². The van der Waals surface area contributed by atoms with E-state index in [1.807, 2.05) is 6.20 Å². The zero-order valence-corrected chi connectivity index (χ0v) is 20.9. The van der Waals surface area contributed by atoms with Crippen LogP contribution in [0, 0.1) is 19.7 Å². The molecule has 1 atom stereocenters. The van der Waals surface area contributed by atoms with Crippen LogP contribution in [0.3, 0.4) is 0 Å². The highest BCUT2D eigenvalue weighted by molar-refractivity contribution is 5.88. The Morgan fingerprint density at radius 2 is 1.94 bits per heavy atom. The van der Waals surface area contributed by atoms with Gasteiger partial charge >= 0.3 is 0 Å². The maximum absolute atomic E-state index is 14.1. The van der Waals surface area contributed by atoms with Gasteiger partial charge < -0.3 is 15.3 Å². The maximum atomic E-state index is 14.1. The summed E-state index contributed by atoms with van der Waals surface area (Å²) in [5.74, 6) is -0.841. The molecule has 2 aromatic heterocycles. The normalized spacial score (nSPS) is 15.8. The largest absolute Gasteiger partial charge is 0.508 e. The molecule has 5 rings (SSSR count). The molecule has 0 aliphatic carbocycles. The van der Waals surface area contributed by atoms with Crippen LogP contribution >= 0.6 is 0 Å². The van der Waals surface area contributed by atoms with E-state index in [4.69, 9.17) is 0 Å². The predicted octanol–water partition coefficient (Wildman–Crippen LogP) is 4.70. The minimum Gasteiger partial charge on any atom is -0.508 e. The molecule has 0 spiro atoms. The Morgan fingerprint density at radius 3 is 2.64 bits per heavy atom. The number of pyridine rings is 2. The lowest BCUT2D eigenvalue weighted by atomic mass is 9.95. The summed E-state index contributed by atoms with van der Waals surface area (Å²) in [6.07, 6.45) is 5.75. The molecule has 36 heavy (non-hydrogen) atoms. The molecule has 6 nitrogen and oxygen atoms in total. The molecule has 1 aliphatic heterocycles. The number of rotatable bonds is 6. The molecule has 0 unspecified atom stereocenters. The lowest BCUT2D eigenvalue weighted by Gasteiger charge is -2.23. The van der Waals surface area contributed by atoms with Crippen molar-refractivity contribution in [1.29, 1.82) is 0 Å². The van der Waals surface area contributed by atoms with Crippen molar-refractivity contribution in [2.24, 2.45) is 0 Å². The molecule has 0 radical (unpaired) electrons. The molecular formula is C29H31FN4O2. The van der Waals surface area contributed by atoms with Crippen LogP contribution in [0.25, 0.3) is 27.7 Å². The van der Waals surface area contributed by atoms with Crippen LogP contribution in [0.15, 0.2) is 59.7 Å². The summed E-state index contributed by atoms with van der Waals surface area (Å²) in [6, 6.07) is 12.2. The molecule has 0 saturated carbocycles. The molecule has 2 aromatic carbocycles. The minimum absolute atomic E-state index is 0.233. The number of halogens is 1. The highest BCUT2D eigenvalue weighted by Crippen LogP contribution is 2.30. The third-order valence-corrected chi connectivity index (χ3v) is 6.83. The van der Waals surface area contributed by atoms with Gasteiger partial charge in [-0.1, -0.05) is 29.3 Å². The van der Waals surface area contributed by atoms with E-state index in [1.54, 1.807) is 12.3 Å². The van der Waals surface area contributed by atoms with E-state index in [1.165, 1.54) is 23.1 Å². The van der Waals surface area contributed by atoms with Crippen molar-refractivity contribution in [2.75, 3.05) is 20.1 Å². The van der Waals surface area contributed by atoms with Crippen molar-refractivity contribution in [3.05, 3.63) is 87.7 Å². The summed E-state index contributed by atoms with van der Waals surface area (Å²) in [7, 11) is 2.07. The average molecular weight is 487 g/mol. The van der Waals surface area contributed by atoms with Crippen LogP contribution < -0.4 is 10.9 Å². The van der Waals surface area contributed by atoms with Crippen molar-refractivity contribution in [3.63, 3.8) is 0 Å². The van der Waals surface area contributed by atoms with Gasteiger partial charge in [-0.05, 0) is 63.5 Å². The first-order valence-corrected chi connectivity index (χ1v) is 12.3. The van der Waals surface area contributed by atoms with Gasteiger partial charge in [0.2, 0.25) is 0 Å². The number of fused-ring (bicyclic) bond motifs is 1. The average Bonchev–Trinajstić information content (AvgIpc) is 3.31. The van der Waals surface area contributed by atoms with Crippen LogP contribution in [0.1, 0.15) is 29.5 Å². The fourth-order valence-electron chi connectivity index (χ4n) is 5.33. The van der Waals surface area contributed by atoms with Crippen LogP contribution in [0.4, 0.5) is 4.39 Å². The molecule has 3 heterocycles. The number of aromatic hydroxyl groups is 1. The van der Waals surface area contributed by atoms with Gasteiger partial charge in [0.25, 0.3) is 5.56 Å². The standard InChI is InChI=1S/C29H31FN4O2/c1-18-9-19(2)11-20(10-18)25-15-32-27-6-8-34(23-12-21(30)13-24(35)14-23)29(36)28(27)26(25)17-33(3)16-22-5-4-7-31-22/h6,8-15,22,31,35H,4-5,7,16-17H2,1-3H3/t22-/m0/s1. The number of phenols is 1. The Balaban J connectivity index is 1.71. The summed E-state index contributed by atoms with van der Waals surface area (Å²) in [5.41, 5.74) is 5.67. The fourth-order valence-corrected chi connectivity index (χ4v) is 5.33. The number of benzene rings is 2. The summed E-state index contributed by atoms with van der Waals surface area (Å²) in [6.45, 7) is 6.59. The van der Waals surface area contributed by atoms with Gasteiger partial charge in [0.05, 0.1) is 16.6 Å². The number of nitrogens with zero attached hydrogens (tertiary/aromatic N) is 3. The van der Waals surface area contributed by atoms with E-state index < -0.39 is 5.82 Å². The molecule has 4 aromatic rings. The Morgan fingerprint density at radius 1 is 1.17 bits per heavy atom. The summed E-state index contributed by atoms with van der Waals surface area (Å²) in [5, 5.41) is 14.0. The molecule has 1 saturated heterocycles.